The standard InChI is InChI=1S/3C16H18F5NO3/c3*1-9(10-3-2-4-12(5-10)25-16(19,20)21)22-14(24)6-13(23)11-7-15(17,18)8-11/h3*2-5,9,11,13,23H,6-8H2,1H3,(H,22,24)/t9-,13?;9-,13+;9-,13-/m000/s1. The SMILES string of the molecule is C[C@H](NC(=O)CC(O)C1CC(F)(F)C1)c1cccc(OC(F)(F)F)c1.C[C@H](NC(=O)C[C@@H](O)C1CC(F)(F)C1)c1cccc(OC(F)(F)F)c1.C[C@H](NC(=O)C[C@H](O)C1CC(F)(F)C1)c1cccc(OC(F)(F)F)c1. The van der Waals surface area contributed by atoms with E-state index in [9.17, 15) is 95.6 Å². The van der Waals surface area contributed by atoms with Crippen LogP contribution < -0.4 is 30.2 Å². The van der Waals surface area contributed by atoms with Crippen LogP contribution in [0.5, 0.6) is 17.2 Å². The lowest BCUT2D eigenvalue weighted by Gasteiger charge is -2.37. The maximum Gasteiger partial charge on any atom is 0.573 e. The molecule has 3 aliphatic carbocycles. The van der Waals surface area contributed by atoms with Gasteiger partial charge in [0.25, 0.3) is 0 Å². The summed E-state index contributed by atoms with van der Waals surface area (Å²) in [5.41, 5.74) is 1.12. The summed E-state index contributed by atoms with van der Waals surface area (Å²) in [7, 11) is 0. The van der Waals surface area contributed by atoms with Crippen molar-refractivity contribution < 1.29 is 110 Å². The van der Waals surface area contributed by atoms with Gasteiger partial charge in [0.1, 0.15) is 17.2 Å². The molecule has 3 saturated carbocycles. The monoisotopic (exact) mass is 1100 g/mol. The Labute approximate surface area is 419 Å². The van der Waals surface area contributed by atoms with Crippen molar-refractivity contribution in [3.63, 3.8) is 0 Å². The van der Waals surface area contributed by atoms with E-state index in [4.69, 9.17) is 0 Å². The lowest BCUT2D eigenvalue weighted by Crippen LogP contribution is -2.44. The number of hydrogen-bond donors (Lipinski definition) is 6. The topological polar surface area (TPSA) is 176 Å². The van der Waals surface area contributed by atoms with Gasteiger partial charge in [0.2, 0.25) is 35.5 Å². The number of ether oxygens (including phenoxy) is 3. The number of rotatable bonds is 18. The molecule has 3 aromatic carbocycles. The Morgan fingerprint density at radius 3 is 0.867 bits per heavy atom. The zero-order valence-corrected chi connectivity index (χ0v) is 39.9. The number of carbonyl (C=O) groups excluding carboxylic acids is 3. The van der Waals surface area contributed by atoms with Crippen molar-refractivity contribution in [3.8, 4) is 17.2 Å². The van der Waals surface area contributed by atoms with Crippen LogP contribution in [0.15, 0.2) is 72.8 Å². The minimum atomic E-state index is -4.82. The van der Waals surface area contributed by atoms with E-state index in [2.05, 4.69) is 30.2 Å². The van der Waals surface area contributed by atoms with Gasteiger partial charge in [-0.2, -0.15) is 0 Å². The molecule has 75 heavy (non-hydrogen) atoms. The van der Waals surface area contributed by atoms with E-state index in [1.54, 1.807) is 20.8 Å². The summed E-state index contributed by atoms with van der Waals surface area (Å²) in [6, 6.07) is 13.5. The first-order chi connectivity index (χ1) is 34.4. The Balaban J connectivity index is 0.000000243. The first kappa shape index (κ1) is 61.8. The summed E-state index contributed by atoms with van der Waals surface area (Å²) < 4.78 is 198. The van der Waals surface area contributed by atoms with Crippen molar-refractivity contribution in [2.45, 2.75) is 152 Å². The molecule has 0 heterocycles. The zero-order valence-electron chi connectivity index (χ0n) is 39.9. The number of aliphatic hydroxyl groups excluding tert-OH is 3. The van der Waals surface area contributed by atoms with Crippen molar-refractivity contribution in [2.24, 2.45) is 17.8 Å². The quantitative estimate of drug-likeness (QED) is 0.0677. The lowest BCUT2D eigenvalue weighted by molar-refractivity contribution is -0.275. The van der Waals surface area contributed by atoms with E-state index >= 15 is 0 Å². The third kappa shape index (κ3) is 21.8. The fourth-order valence-electron chi connectivity index (χ4n) is 8.10. The fraction of sp³-hybridized carbons (Fsp3) is 0.562. The second-order valence-electron chi connectivity index (χ2n) is 18.6. The van der Waals surface area contributed by atoms with Crippen LogP contribution in [-0.4, -0.2) is 88.2 Å². The number of amides is 3. The molecule has 6 N–H and O–H groups in total. The molecule has 420 valence electrons. The summed E-state index contributed by atoms with van der Waals surface area (Å²) in [5, 5.41) is 36.9. The second kappa shape index (κ2) is 25.0. The molecular formula is C48H54F15N3O9. The van der Waals surface area contributed by atoms with Crippen LogP contribution in [0.1, 0.15) is 113 Å². The van der Waals surface area contributed by atoms with Gasteiger partial charge < -0.3 is 45.5 Å². The predicted molar refractivity (Wildman–Crippen MR) is 234 cm³/mol. The van der Waals surface area contributed by atoms with Gasteiger partial charge in [0, 0.05) is 38.5 Å². The molecule has 3 fully saturated rings. The molecule has 6 rings (SSSR count). The van der Waals surface area contributed by atoms with E-state index in [1.165, 1.54) is 36.4 Å². The fourth-order valence-corrected chi connectivity index (χ4v) is 8.10. The van der Waals surface area contributed by atoms with Gasteiger partial charge in [-0.05, 0) is 91.6 Å². The molecule has 6 atom stereocenters. The first-order valence-corrected chi connectivity index (χ1v) is 23.0. The van der Waals surface area contributed by atoms with E-state index in [0.717, 1.165) is 36.4 Å². The molecule has 0 saturated heterocycles. The molecule has 1 unspecified atom stereocenters. The van der Waals surface area contributed by atoms with Gasteiger partial charge in [-0.25, -0.2) is 26.3 Å². The Kier molecular flexibility index (Phi) is 20.6. The van der Waals surface area contributed by atoms with Crippen LogP contribution in [0.2, 0.25) is 0 Å². The summed E-state index contributed by atoms with van der Waals surface area (Å²) in [6.45, 7) is 4.65. The van der Waals surface area contributed by atoms with Gasteiger partial charge in [-0.3, -0.25) is 14.4 Å². The van der Waals surface area contributed by atoms with Crippen molar-refractivity contribution in [2.75, 3.05) is 0 Å². The average Bonchev–Trinajstić information content (AvgIpc) is 3.22. The molecule has 27 heteroatoms. The summed E-state index contributed by atoms with van der Waals surface area (Å²) in [4.78, 5) is 35.7. The van der Waals surface area contributed by atoms with Crippen LogP contribution in [0.4, 0.5) is 65.9 Å². The lowest BCUT2D eigenvalue weighted by atomic mass is 9.76. The van der Waals surface area contributed by atoms with Gasteiger partial charge in [0.05, 0.1) is 55.7 Å². The van der Waals surface area contributed by atoms with Crippen molar-refractivity contribution in [1.29, 1.82) is 0 Å². The maximum atomic E-state index is 12.8. The van der Waals surface area contributed by atoms with Gasteiger partial charge in [0.15, 0.2) is 0 Å². The molecule has 3 amide bonds. The number of aliphatic hydroxyl groups is 3. The van der Waals surface area contributed by atoms with Crippen LogP contribution in [-0.2, 0) is 14.4 Å². The van der Waals surface area contributed by atoms with Crippen molar-refractivity contribution >= 4 is 17.7 Å². The molecule has 12 nitrogen and oxygen atoms in total. The number of halogens is 15. The molecular weight excluding hydrogens is 1050 g/mol. The minimum Gasteiger partial charge on any atom is -0.406 e. The first-order valence-electron chi connectivity index (χ1n) is 23.0. The highest BCUT2D eigenvalue weighted by molar-refractivity contribution is 5.78. The van der Waals surface area contributed by atoms with Gasteiger partial charge in [-0.15, -0.1) is 39.5 Å². The number of carbonyl (C=O) groups is 3. The van der Waals surface area contributed by atoms with E-state index in [-0.39, 0.29) is 19.3 Å². The number of hydrogen-bond acceptors (Lipinski definition) is 9. The zero-order chi connectivity index (χ0) is 56.5. The van der Waals surface area contributed by atoms with E-state index < -0.39 is 165 Å². The maximum absolute atomic E-state index is 12.8. The van der Waals surface area contributed by atoms with Crippen LogP contribution in [0, 0.1) is 17.8 Å². The summed E-state index contributed by atoms with van der Waals surface area (Å²) in [5.74, 6) is -13.2. The smallest absolute Gasteiger partial charge is 0.406 e. The third-order valence-electron chi connectivity index (χ3n) is 12.1. The molecule has 0 aromatic heterocycles. The predicted octanol–water partition coefficient (Wildman–Crippen LogP) is 10.7. The van der Waals surface area contributed by atoms with Gasteiger partial charge in [-0.1, -0.05) is 36.4 Å². The largest absolute Gasteiger partial charge is 0.573 e. The highest BCUT2D eigenvalue weighted by Gasteiger charge is 2.50. The van der Waals surface area contributed by atoms with Crippen LogP contribution in [0.3, 0.4) is 0 Å². The molecule has 3 aliphatic rings. The Hall–Kier alpha value is -5.70. The van der Waals surface area contributed by atoms with Gasteiger partial charge >= 0.3 is 19.1 Å². The normalized spacial score (nSPS) is 19.6. The number of benzene rings is 3. The van der Waals surface area contributed by atoms with Crippen LogP contribution >= 0.6 is 0 Å². The van der Waals surface area contributed by atoms with Crippen LogP contribution in [0.25, 0.3) is 0 Å². The van der Waals surface area contributed by atoms with Crippen molar-refractivity contribution in [1.82, 2.24) is 16.0 Å². The summed E-state index contributed by atoms with van der Waals surface area (Å²) in [6.07, 6.45) is -21.7. The van der Waals surface area contributed by atoms with E-state index in [0.29, 0.717) is 16.7 Å². The molecule has 0 aliphatic heterocycles. The third-order valence-corrected chi connectivity index (χ3v) is 12.1. The van der Waals surface area contributed by atoms with E-state index in [1.807, 2.05) is 0 Å². The Morgan fingerprint density at radius 1 is 0.467 bits per heavy atom. The molecule has 0 spiro atoms. The summed E-state index contributed by atoms with van der Waals surface area (Å²) >= 11 is 0. The highest BCUT2D eigenvalue weighted by Crippen LogP contribution is 2.46. The second-order valence-corrected chi connectivity index (χ2v) is 18.6. The Bertz CT molecular complexity index is 2090. The minimum absolute atomic E-state index is 0.343. The molecule has 3 aromatic rings. The number of alkyl halides is 15. The molecule has 0 radical (unpaired) electrons. The number of nitrogens with one attached hydrogen (secondary N) is 3. The van der Waals surface area contributed by atoms with Crippen molar-refractivity contribution in [3.05, 3.63) is 89.5 Å². The highest BCUT2D eigenvalue weighted by atomic mass is 19.4. The Morgan fingerprint density at radius 2 is 0.680 bits per heavy atom. The molecule has 0 bridgehead atoms. The average molecular weight is 1100 g/mol.